The monoisotopic (exact) mass is 154 g/mol. The predicted octanol–water partition coefficient (Wildman–Crippen LogP) is 1.85. The van der Waals surface area contributed by atoms with Crippen LogP contribution in [0.1, 0.15) is 28.8 Å². The van der Waals surface area contributed by atoms with Crippen molar-refractivity contribution in [2.24, 2.45) is 0 Å². The number of hydrogen-bond acceptors (Lipinski definition) is 2. The predicted molar refractivity (Wildman–Crippen MR) is 39.8 cm³/mol. The smallest absolute Gasteiger partial charge is 0.372 e. The van der Waals surface area contributed by atoms with Gasteiger partial charge in [0.2, 0.25) is 5.76 Å². The summed E-state index contributed by atoms with van der Waals surface area (Å²) in [6.07, 6.45) is 0.730. The third-order valence-corrected chi connectivity index (χ3v) is 1.51. The van der Waals surface area contributed by atoms with Crippen molar-refractivity contribution < 1.29 is 14.3 Å². The molecule has 0 saturated carbocycles. The second-order valence-corrected chi connectivity index (χ2v) is 2.38. The van der Waals surface area contributed by atoms with Crippen molar-refractivity contribution in [1.82, 2.24) is 0 Å². The molecule has 0 fully saturated rings. The van der Waals surface area contributed by atoms with Gasteiger partial charge in [0.05, 0.1) is 0 Å². The molecule has 0 atom stereocenters. The van der Waals surface area contributed by atoms with Crippen LogP contribution >= 0.6 is 0 Å². The summed E-state index contributed by atoms with van der Waals surface area (Å²) in [6.45, 7) is 3.65. The van der Waals surface area contributed by atoms with Crippen molar-refractivity contribution in [3.05, 3.63) is 23.2 Å². The first-order chi connectivity index (χ1) is 5.15. The van der Waals surface area contributed by atoms with E-state index < -0.39 is 5.97 Å². The lowest BCUT2D eigenvalue weighted by Gasteiger charge is -1.87. The standard InChI is InChI=1S/C8H10O3/c1-3-6-4-5(2)7(11-6)8(9)10/h4H,3H2,1-2H3,(H,9,10). The maximum absolute atomic E-state index is 10.5. The summed E-state index contributed by atoms with van der Waals surface area (Å²) in [5, 5.41) is 8.58. The Kier molecular flexibility index (Phi) is 1.98. The Morgan fingerprint density at radius 3 is 2.64 bits per heavy atom. The molecule has 0 aliphatic heterocycles. The van der Waals surface area contributed by atoms with Crippen molar-refractivity contribution >= 4 is 5.97 Å². The number of rotatable bonds is 2. The van der Waals surface area contributed by atoms with E-state index in [2.05, 4.69) is 0 Å². The Labute approximate surface area is 64.6 Å². The molecular formula is C8H10O3. The Balaban J connectivity index is 3.07. The van der Waals surface area contributed by atoms with Crippen molar-refractivity contribution in [2.45, 2.75) is 20.3 Å². The van der Waals surface area contributed by atoms with Crippen LogP contribution in [-0.4, -0.2) is 11.1 Å². The maximum Gasteiger partial charge on any atom is 0.372 e. The van der Waals surface area contributed by atoms with E-state index in [0.717, 1.165) is 12.2 Å². The summed E-state index contributed by atoms with van der Waals surface area (Å²) in [5.41, 5.74) is 0.689. The number of aryl methyl sites for hydroxylation is 2. The molecule has 0 aromatic carbocycles. The van der Waals surface area contributed by atoms with Gasteiger partial charge >= 0.3 is 5.97 Å². The van der Waals surface area contributed by atoms with Crippen LogP contribution in [-0.2, 0) is 6.42 Å². The van der Waals surface area contributed by atoms with Crippen LogP contribution in [0.3, 0.4) is 0 Å². The maximum atomic E-state index is 10.5. The molecule has 0 saturated heterocycles. The quantitative estimate of drug-likeness (QED) is 0.707. The fourth-order valence-corrected chi connectivity index (χ4v) is 0.935. The summed E-state index contributed by atoms with van der Waals surface area (Å²) >= 11 is 0. The van der Waals surface area contributed by atoms with Crippen LogP contribution in [0, 0.1) is 6.92 Å². The molecule has 1 heterocycles. The summed E-state index contributed by atoms with van der Waals surface area (Å²) in [4.78, 5) is 10.5. The molecule has 0 aliphatic carbocycles. The molecule has 0 amide bonds. The largest absolute Gasteiger partial charge is 0.475 e. The second-order valence-electron chi connectivity index (χ2n) is 2.38. The Bertz CT molecular complexity index is 273. The number of furan rings is 1. The second kappa shape index (κ2) is 2.78. The van der Waals surface area contributed by atoms with Gasteiger partial charge in [-0.25, -0.2) is 4.79 Å². The summed E-state index contributed by atoms with van der Waals surface area (Å²) in [5.74, 6) is -0.219. The summed E-state index contributed by atoms with van der Waals surface area (Å²) in [6, 6.07) is 1.75. The van der Waals surface area contributed by atoms with E-state index in [1.807, 2.05) is 6.92 Å². The van der Waals surface area contributed by atoms with Crippen LogP contribution in [0.5, 0.6) is 0 Å². The molecule has 0 bridgehead atoms. The number of carboxylic acids is 1. The Morgan fingerprint density at radius 2 is 2.36 bits per heavy atom. The molecule has 3 heteroatoms. The Hall–Kier alpha value is -1.25. The molecule has 0 unspecified atom stereocenters. The molecule has 1 aromatic heterocycles. The summed E-state index contributed by atoms with van der Waals surface area (Å²) < 4.78 is 5.03. The normalized spacial score (nSPS) is 10.0. The van der Waals surface area contributed by atoms with E-state index in [9.17, 15) is 4.79 Å². The number of hydrogen-bond donors (Lipinski definition) is 1. The Morgan fingerprint density at radius 1 is 1.73 bits per heavy atom. The number of aromatic carboxylic acids is 1. The van der Waals surface area contributed by atoms with Gasteiger partial charge in [-0.3, -0.25) is 0 Å². The molecular weight excluding hydrogens is 144 g/mol. The van der Waals surface area contributed by atoms with E-state index in [0.29, 0.717) is 5.56 Å². The van der Waals surface area contributed by atoms with Gasteiger partial charge in [-0.1, -0.05) is 6.92 Å². The van der Waals surface area contributed by atoms with E-state index in [1.165, 1.54) is 0 Å². The first-order valence-corrected chi connectivity index (χ1v) is 3.47. The first-order valence-electron chi connectivity index (χ1n) is 3.47. The molecule has 1 N–H and O–H groups in total. The molecule has 3 nitrogen and oxygen atoms in total. The van der Waals surface area contributed by atoms with Crippen LogP contribution in [0.15, 0.2) is 10.5 Å². The van der Waals surface area contributed by atoms with E-state index in [1.54, 1.807) is 13.0 Å². The SMILES string of the molecule is CCc1cc(C)c(C(=O)O)o1. The van der Waals surface area contributed by atoms with Crippen LogP contribution < -0.4 is 0 Å². The molecule has 0 radical (unpaired) electrons. The third-order valence-electron chi connectivity index (χ3n) is 1.51. The highest BCUT2D eigenvalue weighted by Crippen LogP contribution is 2.14. The molecule has 0 spiro atoms. The van der Waals surface area contributed by atoms with Gasteiger partial charge in [-0.05, 0) is 13.0 Å². The van der Waals surface area contributed by atoms with E-state index >= 15 is 0 Å². The van der Waals surface area contributed by atoms with Gasteiger partial charge in [0.25, 0.3) is 0 Å². The highest BCUT2D eigenvalue weighted by molar-refractivity contribution is 5.86. The minimum Gasteiger partial charge on any atom is -0.475 e. The third kappa shape index (κ3) is 1.42. The fraction of sp³-hybridized carbons (Fsp3) is 0.375. The highest BCUT2D eigenvalue weighted by Gasteiger charge is 2.12. The number of carbonyl (C=O) groups is 1. The van der Waals surface area contributed by atoms with Crippen molar-refractivity contribution in [1.29, 1.82) is 0 Å². The number of carboxylic acid groups (broad SMARTS) is 1. The minimum atomic E-state index is -0.998. The zero-order chi connectivity index (χ0) is 8.43. The average molecular weight is 154 g/mol. The van der Waals surface area contributed by atoms with Gasteiger partial charge in [-0.2, -0.15) is 0 Å². The van der Waals surface area contributed by atoms with Crippen molar-refractivity contribution in [3.63, 3.8) is 0 Å². The lowest BCUT2D eigenvalue weighted by atomic mass is 10.2. The lowest BCUT2D eigenvalue weighted by Crippen LogP contribution is -1.94. The lowest BCUT2D eigenvalue weighted by molar-refractivity contribution is 0.0659. The summed E-state index contributed by atoms with van der Waals surface area (Å²) in [7, 11) is 0. The van der Waals surface area contributed by atoms with Crippen molar-refractivity contribution in [2.75, 3.05) is 0 Å². The van der Waals surface area contributed by atoms with E-state index in [-0.39, 0.29) is 5.76 Å². The van der Waals surface area contributed by atoms with Crippen LogP contribution in [0.2, 0.25) is 0 Å². The first kappa shape index (κ1) is 7.85. The molecule has 11 heavy (non-hydrogen) atoms. The van der Waals surface area contributed by atoms with Gasteiger partial charge in [0.1, 0.15) is 5.76 Å². The van der Waals surface area contributed by atoms with Gasteiger partial charge < -0.3 is 9.52 Å². The fourth-order valence-electron chi connectivity index (χ4n) is 0.935. The topological polar surface area (TPSA) is 50.4 Å². The molecule has 60 valence electrons. The van der Waals surface area contributed by atoms with Gasteiger partial charge in [0, 0.05) is 12.0 Å². The zero-order valence-electron chi connectivity index (χ0n) is 6.55. The van der Waals surface area contributed by atoms with Crippen LogP contribution in [0.4, 0.5) is 0 Å². The molecule has 0 aliphatic rings. The highest BCUT2D eigenvalue weighted by atomic mass is 16.4. The average Bonchev–Trinajstić information content (AvgIpc) is 2.30. The van der Waals surface area contributed by atoms with Crippen molar-refractivity contribution in [3.8, 4) is 0 Å². The zero-order valence-corrected chi connectivity index (χ0v) is 6.55. The van der Waals surface area contributed by atoms with Gasteiger partial charge in [-0.15, -0.1) is 0 Å². The van der Waals surface area contributed by atoms with Crippen LogP contribution in [0.25, 0.3) is 0 Å². The van der Waals surface area contributed by atoms with Gasteiger partial charge in [0.15, 0.2) is 0 Å². The minimum absolute atomic E-state index is 0.0573. The molecule has 1 aromatic rings. The molecule has 1 rings (SSSR count). The van der Waals surface area contributed by atoms with E-state index in [4.69, 9.17) is 9.52 Å².